The van der Waals surface area contributed by atoms with E-state index >= 15 is 0 Å². The van der Waals surface area contributed by atoms with E-state index in [1.807, 2.05) is 25.6 Å². The second-order valence-electron chi connectivity index (χ2n) is 9.06. The van der Waals surface area contributed by atoms with Crippen molar-refractivity contribution in [2.24, 2.45) is 12.0 Å². The van der Waals surface area contributed by atoms with Gasteiger partial charge in [0.1, 0.15) is 23.3 Å². The average Bonchev–Trinajstić information content (AvgIpc) is 3.37. The molecule has 6 rings (SSSR count). The number of methoxy groups -OCH3 is 1. The molecule has 4 aromatic heterocycles. The van der Waals surface area contributed by atoms with Crippen LogP contribution >= 0.6 is 0 Å². The molecule has 2 N–H and O–H groups in total. The van der Waals surface area contributed by atoms with Crippen molar-refractivity contribution in [2.75, 3.05) is 12.4 Å². The van der Waals surface area contributed by atoms with Gasteiger partial charge in [0, 0.05) is 18.5 Å². The van der Waals surface area contributed by atoms with E-state index in [1.54, 1.807) is 7.11 Å². The van der Waals surface area contributed by atoms with Crippen molar-refractivity contribution in [3.63, 3.8) is 0 Å². The molecular weight excluding hydrogens is 418 g/mol. The summed E-state index contributed by atoms with van der Waals surface area (Å²) >= 11 is 0. The number of aromatic nitrogens is 5. The highest BCUT2D eigenvalue weighted by Gasteiger charge is 2.36. The van der Waals surface area contributed by atoms with Gasteiger partial charge in [-0.1, -0.05) is 5.16 Å². The van der Waals surface area contributed by atoms with E-state index in [2.05, 4.69) is 35.4 Å². The van der Waals surface area contributed by atoms with E-state index in [1.165, 1.54) is 18.5 Å². The summed E-state index contributed by atoms with van der Waals surface area (Å²) in [6.45, 7) is 7.94. The van der Waals surface area contributed by atoms with E-state index in [0.717, 1.165) is 62.0 Å². The molecule has 1 fully saturated rings. The molecule has 9 heteroatoms. The topological polar surface area (TPSA) is 106 Å². The van der Waals surface area contributed by atoms with Gasteiger partial charge in [-0.05, 0) is 46.6 Å². The highest BCUT2D eigenvalue weighted by Crippen LogP contribution is 2.45. The summed E-state index contributed by atoms with van der Waals surface area (Å²) in [4.78, 5) is 13.5. The third kappa shape index (κ3) is 2.91. The van der Waals surface area contributed by atoms with E-state index in [-0.39, 0.29) is 6.17 Å². The second kappa shape index (κ2) is 6.94. The molecule has 170 valence electrons. The van der Waals surface area contributed by atoms with Gasteiger partial charge in [0.2, 0.25) is 5.88 Å². The Hall–Kier alpha value is -3.62. The predicted octanol–water partition coefficient (Wildman–Crippen LogP) is 4.37. The lowest BCUT2D eigenvalue weighted by Crippen LogP contribution is -2.24. The molecule has 1 unspecified atom stereocenters. The zero-order valence-corrected chi connectivity index (χ0v) is 19.7. The van der Waals surface area contributed by atoms with Crippen molar-refractivity contribution in [3.05, 3.63) is 40.0 Å². The number of rotatable bonds is 4. The second-order valence-corrected chi connectivity index (χ2v) is 9.06. The molecule has 0 aromatic carbocycles. The van der Waals surface area contributed by atoms with Gasteiger partial charge in [0.25, 0.3) is 0 Å². The van der Waals surface area contributed by atoms with Crippen molar-refractivity contribution in [1.29, 1.82) is 0 Å². The predicted molar refractivity (Wildman–Crippen MR) is 126 cm³/mol. The lowest BCUT2D eigenvalue weighted by atomic mass is 9.97. The fourth-order valence-corrected chi connectivity index (χ4v) is 5.12. The number of aromatic amines is 1. The first-order valence-electron chi connectivity index (χ1n) is 11.3. The molecular formula is C24H27N7O2. The Morgan fingerprint density at radius 3 is 2.58 bits per heavy atom. The Labute approximate surface area is 191 Å². The van der Waals surface area contributed by atoms with Crippen LogP contribution in [-0.2, 0) is 7.05 Å². The molecule has 9 nitrogen and oxygen atoms in total. The van der Waals surface area contributed by atoms with Crippen LogP contribution in [0.4, 0.5) is 5.82 Å². The first-order valence-corrected chi connectivity index (χ1v) is 11.3. The number of aliphatic imine (C=N–C) groups is 1. The number of H-pyrrole nitrogens is 1. The van der Waals surface area contributed by atoms with Gasteiger partial charge < -0.3 is 19.6 Å². The molecule has 0 spiro atoms. The van der Waals surface area contributed by atoms with Crippen LogP contribution < -0.4 is 10.1 Å². The minimum absolute atomic E-state index is 0.0730. The lowest BCUT2D eigenvalue weighted by molar-refractivity contribution is 0.392. The standard InChI is InChI=1S/C24H27N7O2/c1-10-18(22(14-7-8-14)31(5)29-10)21-19-20-16(27-23(19)26-13(4)25-21)9-15(24(28-20)32-6)17-11(2)30-33-12(17)3/h9,13-14,26-27H,7-8H2,1-6H3. The Bertz CT molecular complexity index is 1430. The molecule has 0 amide bonds. The van der Waals surface area contributed by atoms with Crippen molar-refractivity contribution in [1.82, 2.24) is 24.9 Å². The number of hydrogen-bond acceptors (Lipinski definition) is 7. The van der Waals surface area contributed by atoms with Crippen LogP contribution in [0.2, 0.25) is 0 Å². The number of anilines is 1. The summed E-state index contributed by atoms with van der Waals surface area (Å²) in [6.07, 6.45) is 2.32. The minimum Gasteiger partial charge on any atom is -0.481 e. The third-order valence-electron chi connectivity index (χ3n) is 6.61. The molecule has 5 heterocycles. The molecule has 1 atom stereocenters. The van der Waals surface area contributed by atoms with Crippen LogP contribution in [-0.4, -0.2) is 43.9 Å². The average molecular weight is 446 g/mol. The fraction of sp³-hybridized carbons (Fsp3) is 0.417. The van der Waals surface area contributed by atoms with Crippen LogP contribution in [0, 0.1) is 20.8 Å². The molecule has 2 aliphatic rings. The van der Waals surface area contributed by atoms with Crippen molar-refractivity contribution < 1.29 is 9.26 Å². The van der Waals surface area contributed by atoms with Gasteiger partial charge in [-0.3, -0.25) is 9.67 Å². The molecule has 1 aliphatic heterocycles. The summed E-state index contributed by atoms with van der Waals surface area (Å²) < 4.78 is 13.2. The van der Waals surface area contributed by atoms with Gasteiger partial charge in [0.05, 0.1) is 52.1 Å². The molecule has 1 saturated carbocycles. The number of nitrogens with zero attached hydrogens (tertiary/aromatic N) is 5. The van der Waals surface area contributed by atoms with E-state index in [0.29, 0.717) is 11.8 Å². The van der Waals surface area contributed by atoms with Crippen LogP contribution in [0.25, 0.3) is 22.2 Å². The van der Waals surface area contributed by atoms with Crippen LogP contribution in [0.1, 0.15) is 59.7 Å². The van der Waals surface area contributed by atoms with E-state index in [4.69, 9.17) is 24.3 Å². The number of aryl methyl sites for hydroxylation is 4. The van der Waals surface area contributed by atoms with Crippen LogP contribution in [0.5, 0.6) is 5.88 Å². The Kier molecular flexibility index (Phi) is 4.21. The van der Waals surface area contributed by atoms with Gasteiger partial charge in [0.15, 0.2) is 0 Å². The smallest absolute Gasteiger partial charge is 0.221 e. The molecule has 33 heavy (non-hydrogen) atoms. The molecule has 4 aromatic rings. The van der Waals surface area contributed by atoms with Gasteiger partial charge in [-0.2, -0.15) is 5.10 Å². The van der Waals surface area contributed by atoms with Crippen molar-refractivity contribution >= 4 is 22.6 Å². The van der Waals surface area contributed by atoms with Crippen molar-refractivity contribution in [2.45, 2.75) is 52.6 Å². The maximum Gasteiger partial charge on any atom is 0.221 e. The summed E-state index contributed by atoms with van der Waals surface area (Å²) in [5.74, 6) is 2.72. The van der Waals surface area contributed by atoms with Crippen LogP contribution in [0.15, 0.2) is 15.6 Å². The largest absolute Gasteiger partial charge is 0.481 e. The van der Waals surface area contributed by atoms with E-state index in [9.17, 15) is 0 Å². The fourth-order valence-electron chi connectivity index (χ4n) is 5.12. The van der Waals surface area contributed by atoms with Gasteiger partial charge >= 0.3 is 0 Å². The summed E-state index contributed by atoms with van der Waals surface area (Å²) in [7, 11) is 3.67. The lowest BCUT2D eigenvalue weighted by Gasteiger charge is -2.21. The Balaban J connectivity index is 1.61. The molecule has 0 bridgehead atoms. The van der Waals surface area contributed by atoms with Gasteiger partial charge in [-0.15, -0.1) is 0 Å². The number of pyridine rings is 1. The quantitative estimate of drug-likeness (QED) is 0.483. The zero-order chi connectivity index (χ0) is 23.0. The first kappa shape index (κ1) is 20.0. The zero-order valence-electron chi connectivity index (χ0n) is 19.7. The summed E-state index contributed by atoms with van der Waals surface area (Å²) in [5.41, 5.74) is 9.57. The Morgan fingerprint density at radius 2 is 1.91 bits per heavy atom. The maximum absolute atomic E-state index is 5.74. The normalized spacial score (nSPS) is 17.8. The molecule has 1 aliphatic carbocycles. The summed E-state index contributed by atoms with van der Waals surface area (Å²) in [5, 5.41) is 12.3. The highest BCUT2D eigenvalue weighted by molar-refractivity contribution is 6.24. The maximum atomic E-state index is 5.74. The summed E-state index contributed by atoms with van der Waals surface area (Å²) in [6, 6.07) is 2.06. The number of ether oxygens (including phenoxy) is 1. The minimum atomic E-state index is -0.0730. The molecule has 0 saturated heterocycles. The number of hydrogen-bond donors (Lipinski definition) is 2. The monoisotopic (exact) mass is 445 g/mol. The highest BCUT2D eigenvalue weighted by atomic mass is 16.5. The van der Waals surface area contributed by atoms with Crippen LogP contribution in [0.3, 0.4) is 0 Å². The molecule has 0 radical (unpaired) electrons. The van der Waals surface area contributed by atoms with Gasteiger partial charge in [-0.25, -0.2) is 4.98 Å². The number of nitrogens with one attached hydrogen (secondary N) is 2. The SMILES string of the molecule is COc1nc2c3c([nH]c2cc1-c1c(C)noc1C)NC(C)N=C3c1c(C)nn(C)c1C1CC1. The third-order valence-corrected chi connectivity index (χ3v) is 6.61. The Morgan fingerprint density at radius 1 is 1.12 bits per heavy atom. The first-order chi connectivity index (χ1) is 15.9. The van der Waals surface area contributed by atoms with E-state index < -0.39 is 0 Å². The van der Waals surface area contributed by atoms with Crippen molar-refractivity contribution in [3.8, 4) is 17.0 Å². The number of fused-ring (bicyclic) bond motifs is 3.